The number of rotatable bonds is 3. The lowest BCUT2D eigenvalue weighted by molar-refractivity contribution is 0.266. The van der Waals surface area contributed by atoms with Crippen molar-refractivity contribution in [2.24, 2.45) is 5.73 Å². The molecule has 0 amide bonds. The first-order valence-electron chi connectivity index (χ1n) is 5.76. The van der Waals surface area contributed by atoms with E-state index < -0.39 is 5.82 Å². The number of nitrogen functional groups attached to an aromatic ring is 1. The van der Waals surface area contributed by atoms with Gasteiger partial charge in [-0.05, 0) is 40.9 Å². The molecule has 1 aromatic rings. The number of aliphatic hydroxyl groups is 1. The first-order chi connectivity index (χ1) is 8.56. The Morgan fingerprint density at radius 1 is 1.61 bits per heavy atom. The molecule has 0 saturated carbocycles. The van der Waals surface area contributed by atoms with Crippen LogP contribution in [0, 0.1) is 11.2 Å². The third kappa shape index (κ3) is 2.22. The molecule has 1 atom stereocenters. The van der Waals surface area contributed by atoms with Crippen molar-refractivity contribution in [3.8, 4) is 0 Å². The maximum Gasteiger partial charge on any atom is 0.161 e. The number of halogens is 2. The summed E-state index contributed by atoms with van der Waals surface area (Å²) in [5.41, 5.74) is 6.16. The topological polar surface area (TPSA) is 73.3 Å². The zero-order chi connectivity index (χ0) is 13.3. The van der Waals surface area contributed by atoms with Gasteiger partial charge < -0.3 is 15.7 Å². The molecule has 1 aliphatic heterocycles. The monoisotopic (exact) mass is 315 g/mol. The minimum atomic E-state index is -0.428. The van der Waals surface area contributed by atoms with Gasteiger partial charge >= 0.3 is 0 Å². The molecule has 0 aliphatic carbocycles. The highest BCUT2D eigenvalue weighted by Gasteiger charge is 2.27. The smallest absolute Gasteiger partial charge is 0.161 e. The lowest BCUT2D eigenvalue weighted by atomic mass is 10.1. The van der Waals surface area contributed by atoms with Crippen LogP contribution in [0.3, 0.4) is 0 Å². The second-order valence-electron chi connectivity index (χ2n) is 4.35. The van der Waals surface area contributed by atoms with Crippen LogP contribution < -0.4 is 10.6 Å². The fraction of sp³-hybridized carbons (Fsp3) is 0.417. The van der Waals surface area contributed by atoms with Gasteiger partial charge in [-0.25, -0.2) is 4.39 Å². The molecule has 0 spiro atoms. The second-order valence-corrected chi connectivity index (χ2v) is 5.14. The van der Waals surface area contributed by atoms with E-state index in [1.807, 2.05) is 4.90 Å². The molecule has 1 heterocycles. The van der Waals surface area contributed by atoms with E-state index in [2.05, 4.69) is 15.9 Å². The fourth-order valence-corrected chi connectivity index (χ4v) is 2.86. The molecule has 0 radical (unpaired) electrons. The SMILES string of the molecule is N=C(N)c1ccc(N2CCCC2CO)c(F)c1Br. The van der Waals surface area contributed by atoms with Crippen molar-refractivity contribution in [3.63, 3.8) is 0 Å². The van der Waals surface area contributed by atoms with Gasteiger partial charge in [-0.1, -0.05) is 0 Å². The molecule has 0 bridgehead atoms. The molecule has 2 rings (SSSR count). The van der Waals surface area contributed by atoms with E-state index in [0.29, 0.717) is 11.3 Å². The van der Waals surface area contributed by atoms with E-state index in [9.17, 15) is 9.50 Å². The van der Waals surface area contributed by atoms with E-state index in [4.69, 9.17) is 11.1 Å². The highest BCUT2D eigenvalue weighted by molar-refractivity contribution is 9.10. The molecule has 1 aliphatic rings. The Balaban J connectivity index is 2.41. The summed E-state index contributed by atoms with van der Waals surface area (Å²) >= 11 is 3.14. The maximum atomic E-state index is 14.3. The Labute approximate surface area is 113 Å². The molecule has 1 unspecified atom stereocenters. The molecule has 1 fully saturated rings. The fourth-order valence-electron chi connectivity index (χ4n) is 2.31. The number of nitrogens with two attached hydrogens (primary N) is 1. The van der Waals surface area contributed by atoms with Gasteiger partial charge in [-0.2, -0.15) is 0 Å². The molecule has 6 heteroatoms. The van der Waals surface area contributed by atoms with Crippen LogP contribution in [-0.4, -0.2) is 30.1 Å². The first-order valence-corrected chi connectivity index (χ1v) is 6.55. The molecular weight excluding hydrogens is 301 g/mol. The predicted molar refractivity (Wildman–Crippen MR) is 72.6 cm³/mol. The van der Waals surface area contributed by atoms with Crippen LogP contribution in [0.15, 0.2) is 16.6 Å². The van der Waals surface area contributed by atoms with Crippen LogP contribution >= 0.6 is 15.9 Å². The molecule has 1 saturated heterocycles. The van der Waals surface area contributed by atoms with Crippen molar-refractivity contribution in [2.75, 3.05) is 18.1 Å². The molecule has 18 heavy (non-hydrogen) atoms. The number of aliphatic hydroxyl groups excluding tert-OH is 1. The number of benzene rings is 1. The molecule has 4 N–H and O–H groups in total. The number of anilines is 1. The number of nitrogens with one attached hydrogen (secondary N) is 1. The van der Waals surface area contributed by atoms with Crippen LogP contribution in [0.1, 0.15) is 18.4 Å². The van der Waals surface area contributed by atoms with Gasteiger partial charge in [0.25, 0.3) is 0 Å². The zero-order valence-electron chi connectivity index (χ0n) is 9.79. The zero-order valence-corrected chi connectivity index (χ0v) is 11.4. The van der Waals surface area contributed by atoms with Crippen molar-refractivity contribution in [1.29, 1.82) is 5.41 Å². The number of amidine groups is 1. The van der Waals surface area contributed by atoms with Crippen molar-refractivity contribution in [3.05, 3.63) is 28.0 Å². The predicted octanol–water partition coefficient (Wildman–Crippen LogP) is 1.83. The average Bonchev–Trinajstić information content (AvgIpc) is 2.80. The van der Waals surface area contributed by atoms with Gasteiger partial charge in [0.15, 0.2) is 5.82 Å². The van der Waals surface area contributed by atoms with E-state index in [1.165, 1.54) is 0 Å². The second kappa shape index (κ2) is 5.24. The van der Waals surface area contributed by atoms with E-state index in [0.717, 1.165) is 19.4 Å². The van der Waals surface area contributed by atoms with E-state index in [1.54, 1.807) is 12.1 Å². The third-order valence-corrected chi connectivity index (χ3v) is 4.02. The van der Waals surface area contributed by atoms with E-state index in [-0.39, 0.29) is 23.0 Å². The summed E-state index contributed by atoms with van der Waals surface area (Å²) in [4.78, 5) is 1.87. The summed E-state index contributed by atoms with van der Waals surface area (Å²) in [5, 5.41) is 16.6. The molecule has 0 aromatic heterocycles. The lowest BCUT2D eigenvalue weighted by Gasteiger charge is -2.26. The Morgan fingerprint density at radius 2 is 2.33 bits per heavy atom. The largest absolute Gasteiger partial charge is 0.394 e. The number of hydrogen-bond donors (Lipinski definition) is 3. The highest BCUT2D eigenvalue weighted by atomic mass is 79.9. The first kappa shape index (κ1) is 13.3. The molecule has 98 valence electrons. The normalized spacial score (nSPS) is 19.3. The number of nitrogens with zero attached hydrogens (tertiary/aromatic N) is 1. The van der Waals surface area contributed by atoms with Crippen LogP contribution in [0.4, 0.5) is 10.1 Å². The summed E-state index contributed by atoms with van der Waals surface area (Å²) in [6.45, 7) is 0.750. The van der Waals surface area contributed by atoms with Gasteiger partial charge in [0.2, 0.25) is 0 Å². The van der Waals surface area contributed by atoms with Crippen LogP contribution in [0.5, 0.6) is 0 Å². The Hall–Kier alpha value is -1.14. The van der Waals surface area contributed by atoms with Gasteiger partial charge in [0, 0.05) is 12.1 Å². The van der Waals surface area contributed by atoms with Gasteiger partial charge in [-0.15, -0.1) is 0 Å². The van der Waals surface area contributed by atoms with Crippen LogP contribution in [-0.2, 0) is 0 Å². The Bertz CT molecular complexity index is 481. The maximum absolute atomic E-state index is 14.3. The van der Waals surface area contributed by atoms with Crippen molar-refractivity contribution >= 4 is 27.5 Å². The minimum Gasteiger partial charge on any atom is -0.394 e. The van der Waals surface area contributed by atoms with Gasteiger partial charge in [0.1, 0.15) is 5.84 Å². The summed E-state index contributed by atoms with van der Waals surface area (Å²) < 4.78 is 14.5. The van der Waals surface area contributed by atoms with Crippen LogP contribution in [0.25, 0.3) is 0 Å². The lowest BCUT2D eigenvalue weighted by Crippen LogP contribution is -2.33. The highest BCUT2D eigenvalue weighted by Crippen LogP contribution is 2.33. The van der Waals surface area contributed by atoms with Crippen molar-refractivity contribution < 1.29 is 9.50 Å². The summed E-state index contributed by atoms with van der Waals surface area (Å²) in [5.74, 6) is -0.601. The minimum absolute atomic E-state index is 0.0194. The standard InChI is InChI=1S/C12H15BrFN3O/c13-10-8(12(15)16)3-4-9(11(10)14)17-5-1-2-7(17)6-18/h3-4,7,18H,1-2,5-6H2,(H3,15,16). The summed E-state index contributed by atoms with van der Waals surface area (Å²) in [6.07, 6.45) is 1.80. The number of hydrogen-bond acceptors (Lipinski definition) is 3. The summed E-state index contributed by atoms with van der Waals surface area (Å²) in [7, 11) is 0. The average molecular weight is 316 g/mol. The Morgan fingerprint density at radius 3 is 2.94 bits per heavy atom. The van der Waals surface area contributed by atoms with E-state index >= 15 is 0 Å². The quantitative estimate of drug-likeness (QED) is 0.588. The molecule has 4 nitrogen and oxygen atoms in total. The molecular formula is C12H15BrFN3O. The van der Waals surface area contributed by atoms with Crippen molar-refractivity contribution in [1.82, 2.24) is 0 Å². The Kier molecular flexibility index (Phi) is 3.87. The molecule has 1 aromatic carbocycles. The van der Waals surface area contributed by atoms with Gasteiger partial charge in [-0.3, -0.25) is 5.41 Å². The van der Waals surface area contributed by atoms with Crippen LogP contribution in [0.2, 0.25) is 0 Å². The van der Waals surface area contributed by atoms with Crippen molar-refractivity contribution in [2.45, 2.75) is 18.9 Å². The summed E-state index contributed by atoms with van der Waals surface area (Å²) in [6, 6.07) is 3.21. The van der Waals surface area contributed by atoms with Gasteiger partial charge in [0.05, 0.1) is 22.8 Å². The third-order valence-electron chi connectivity index (χ3n) is 3.25.